The molecule has 2 aromatic carbocycles. The summed E-state index contributed by atoms with van der Waals surface area (Å²) in [6, 6.07) is 18.2. The number of nitriles is 1. The van der Waals surface area contributed by atoms with Crippen LogP contribution < -0.4 is 10.5 Å². The number of amides is 1. The van der Waals surface area contributed by atoms with Crippen molar-refractivity contribution in [2.75, 3.05) is 18.9 Å². The van der Waals surface area contributed by atoms with Crippen molar-refractivity contribution in [3.05, 3.63) is 82.5 Å². The number of hydrogen-bond donors (Lipinski definition) is 2. The Kier molecular flexibility index (Phi) is 7.57. The number of primary sulfonamides is 1. The Morgan fingerprint density at radius 1 is 1.18 bits per heavy atom. The zero-order valence-electron chi connectivity index (χ0n) is 19.7. The maximum atomic E-state index is 13.0. The highest BCUT2D eigenvalue weighted by molar-refractivity contribution is 7.89. The lowest BCUT2D eigenvalue weighted by Gasteiger charge is -2.25. The number of hydrogen-bond acceptors (Lipinski definition) is 5. The Bertz CT molecular complexity index is 1340. The molecule has 3 N–H and O–H groups in total. The first kappa shape index (κ1) is 25.2. The van der Waals surface area contributed by atoms with Gasteiger partial charge in [0.25, 0.3) is 0 Å². The molecule has 0 radical (unpaired) electrons. The van der Waals surface area contributed by atoms with Crippen LogP contribution in [0.15, 0.2) is 59.5 Å². The molecule has 34 heavy (non-hydrogen) atoms. The summed E-state index contributed by atoms with van der Waals surface area (Å²) in [6.07, 6.45) is 0. The van der Waals surface area contributed by atoms with Crippen LogP contribution in [-0.2, 0) is 21.4 Å². The largest absolute Gasteiger partial charge is 0.326 e. The minimum atomic E-state index is -3.82. The van der Waals surface area contributed by atoms with Crippen LogP contribution in [0.5, 0.6) is 0 Å². The van der Waals surface area contributed by atoms with E-state index in [0.29, 0.717) is 17.9 Å². The molecule has 0 aliphatic rings. The smallest absolute Gasteiger partial charge is 0.239 e. The van der Waals surface area contributed by atoms with E-state index in [1.54, 1.807) is 24.1 Å². The third-order valence-corrected chi connectivity index (χ3v) is 7.02. The molecular formula is C25H29N5O3S. The predicted octanol–water partition coefficient (Wildman–Crippen LogP) is 3.30. The predicted molar refractivity (Wildman–Crippen MR) is 132 cm³/mol. The van der Waals surface area contributed by atoms with E-state index in [-0.39, 0.29) is 23.4 Å². The third kappa shape index (κ3) is 5.54. The van der Waals surface area contributed by atoms with E-state index in [2.05, 4.69) is 11.4 Å². The third-order valence-electron chi connectivity index (χ3n) is 6.11. The number of likely N-dealkylation sites (N-methyl/N-ethyl adjacent to an activating group) is 1. The molecule has 0 spiro atoms. The standard InChI is InChI=1S/C25H29N5O3S/c1-17-18(2)30(15-20-9-6-5-7-10-20)25(23(17)14-26)28-24(31)16-29(4)19(3)21-11-8-12-22(13-21)34(27,32)33/h5-13,19H,15-16H2,1-4H3,(H,28,31)(H2,27,32,33)/t19-/m0/s1. The maximum Gasteiger partial charge on any atom is 0.239 e. The van der Waals surface area contributed by atoms with Gasteiger partial charge in [0.2, 0.25) is 15.9 Å². The molecule has 8 nitrogen and oxygen atoms in total. The van der Waals surface area contributed by atoms with Crippen molar-refractivity contribution in [3.63, 3.8) is 0 Å². The molecule has 0 saturated heterocycles. The van der Waals surface area contributed by atoms with E-state index >= 15 is 0 Å². The summed E-state index contributed by atoms with van der Waals surface area (Å²) in [7, 11) is -2.04. The van der Waals surface area contributed by atoms with E-state index in [1.807, 2.05) is 55.7 Å². The van der Waals surface area contributed by atoms with Crippen molar-refractivity contribution >= 4 is 21.7 Å². The lowest BCUT2D eigenvalue weighted by molar-refractivity contribution is -0.117. The van der Waals surface area contributed by atoms with Gasteiger partial charge in [-0.05, 0) is 56.6 Å². The van der Waals surface area contributed by atoms with Crippen LogP contribution in [0.3, 0.4) is 0 Å². The fraction of sp³-hybridized carbons (Fsp3) is 0.280. The Morgan fingerprint density at radius 2 is 1.85 bits per heavy atom. The molecule has 9 heteroatoms. The monoisotopic (exact) mass is 479 g/mol. The number of carbonyl (C=O) groups is 1. The number of anilines is 1. The van der Waals surface area contributed by atoms with Crippen molar-refractivity contribution in [2.24, 2.45) is 5.14 Å². The second-order valence-corrected chi connectivity index (χ2v) is 9.94. The molecule has 3 rings (SSSR count). The number of rotatable bonds is 8. The van der Waals surface area contributed by atoms with Gasteiger partial charge in [-0.25, -0.2) is 13.6 Å². The Balaban J connectivity index is 1.80. The summed E-state index contributed by atoms with van der Waals surface area (Å²) in [5, 5.41) is 17.9. The molecule has 1 aromatic heterocycles. The van der Waals surface area contributed by atoms with Gasteiger partial charge in [-0.15, -0.1) is 0 Å². The molecule has 1 atom stereocenters. The summed E-state index contributed by atoms with van der Waals surface area (Å²) in [6.45, 7) is 6.25. The Hall–Kier alpha value is -3.45. The van der Waals surface area contributed by atoms with E-state index in [9.17, 15) is 18.5 Å². The van der Waals surface area contributed by atoms with Crippen molar-refractivity contribution in [1.29, 1.82) is 5.26 Å². The van der Waals surface area contributed by atoms with Gasteiger partial charge in [0.15, 0.2) is 0 Å². The van der Waals surface area contributed by atoms with Crippen LogP contribution in [0.2, 0.25) is 0 Å². The summed E-state index contributed by atoms with van der Waals surface area (Å²) >= 11 is 0. The fourth-order valence-corrected chi connectivity index (χ4v) is 4.40. The first-order valence-corrected chi connectivity index (χ1v) is 12.3. The number of nitrogens with two attached hydrogens (primary N) is 1. The molecule has 0 fully saturated rings. The number of carbonyl (C=O) groups excluding carboxylic acids is 1. The van der Waals surface area contributed by atoms with Crippen LogP contribution >= 0.6 is 0 Å². The lowest BCUT2D eigenvalue weighted by Crippen LogP contribution is -2.33. The molecule has 0 aliphatic carbocycles. The average Bonchev–Trinajstić information content (AvgIpc) is 3.02. The number of sulfonamides is 1. The van der Waals surface area contributed by atoms with Gasteiger partial charge >= 0.3 is 0 Å². The lowest BCUT2D eigenvalue weighted by atomic mass is 10.1. The van der Waals surface area contributed by atoms with Crippen LogP contribution in [0, 0.1) is 25.2 Å². The highest BCUT2D eigenvalue weighted by Crippen LogP contribution is 2.28. The molecule has 178 valence electrons. The van der Waals surface area contributed by atoms with Gasteiger partial charge in [0.1, 0.15) is 11.9 Å². The van der Waals surface area contributed by atoms with Gasteiger partial charge < -0.3 is 9.88 Å². The Labute approximate surface area is 200 Å². The zero-order valence-corrected chi connectivity index (χ0v) is 20.6. The van der Waals surface area contributed by atoms with Crippen LogP contribution in [0.1, 0.15) is 40.9 Å². The van der Waals surface area contributed by atoms with E-state index in [0.717, 1.165) is 22.4 Å². The SMILES string of the molecule is Cc1c(C#N)c(NC(=O)CN(C)[C@@H](C)c2cccc(S(N)(=O)=O)c2)n(Cc2ccccc2)c1C. The first-order valence-electron chi connectivity index (χ1n) is 10.8. The van der Waals surface area contributed by atoms with Gasteiger partial charge in [0.05, 0.1) is 17.0 Å². The molecule has 0 bridgehead atoms. The van der Waals surface area contributed by atoms with Crippen LogP contribution in [0.4, 0.5) is 5.82 Å². The van der Waals surface area contributed by atoms with Crippen molar-refractivity contribution in [3.8, 4) is 6.07 Å². The van der Waals surface area contributed by atoms with Gasteiger partial charge in [-0.3, -0.25) is 9.69 Å². The summed E-state index contributed by atoms with van der Waals surface area (Å²) in [5.41, 5.74) is 3.96. The number of nitrogens with one attached hydrogen (secondary N) is 1. The quantitative estimate of drug-likeness (QED) is 0.513. The van der Waals surface area contributed by atoms with Crippen molar-refractivity contribution in [2.45, 2.75) is 38.3 Å². The first-order chi connectivity index (χ1) is 16.0. The van der Waals surface area contributed by atoms with E-state index in [1.165, 1.54) is 12.1 Å². The second-order valence-electron chi connectivity index (χ2n) is 8.37. The highest BCUT2D eigenvalue weighted by Gasteiger charge is 2.22. The molecule has 0 aliphatic heterocycles. The minimum absolute atomic E-state index is 0.0260. The topological polar surface area (TPSA) is 121 Å². The fourth-order valence-electron chi connectivity index (χ4n) is 3.83. The molecule has 1 amide bonds. The summed E-state index contributed by atoms with van der Waals surface area (Å²) in [5.74, 6) is 0.198. The van der Waals surface area contributed by atoms with Crippen LogP contribution in [-0.4, -0.2) is 37.4 Å². The van der Waals surface area contributed by atoms with Crippen molar-refractivity contribution in [1.82, 2.24) is 9.47 Å². The summed E-state index contributed by atoms with van der Waals surface area (Å²) in [4.78, 5) is 14.8. The summed E-state index contributed by atoms with van der Waals surface area (Å²) < 4.78 is 25.3. The second kappa shape index (κ2) is 10.2. The number of aromatic nitrogens is 1. The molecule has 0 unspecified atom stereocenters. The van der Waals surface area contributed by atoms with Crippen molar-refractivity contribution < 1.29 is 13.2 Å². The maximum absolute atomic E-state index is 13.0. The average molecular weight is 480 g/mol. The normalized spacial score (nSPS) is 12.4. The van der Waals surface area contributed by atoms with Crippen LogP contribution in [0.25, 0.3) is 0 Å². The molecular weight excluding hydrogens is 450 g/mol. The number of benzene rings is 2. The number of nitrogens with zero attached hydrogens (tertiary/aromatic N) is 3. The minimum Gasteiger partial charge on any atom is -0.326 e. The van der Waals surface area contributed by atoms with Gasteiger partial charge in [-0.2, -0.15) is 5.26 Å². The Morgan fingerprint density at radius 3 is 2.47 bits per heavy atom. The van der Waals surface area contributed by atoms with E-state index in [4.69, 9.17) is 5.14 Å². The van der Waals surface area contributed by atoms with E-state index < -0.39 is 10.0 Å². The molecule has 0 saturated carbocycles. The molecule has 1 heterocycles. The van der Waals surface area contributed by atoms with Gasteiger partial charge in [-0.1, -0.05) is 42.5 Å². The highest BCUT2D eigenvalue weighted by atomic mass is 32.2. The zero-order chi connectivity index (χ0) is 25.0. The van der Waals surface area contributed by atoms with Gasteiger partial charge in [0, 0.05) is 18.3 Å². The molecule has 3 aromatic rings.